The van der Waals surface area contributed by atoms with E-state index in [0.717, 1.165) is 16.7 Å². The maximum absolute atomic E-state index is 12.9. The molecule has 0 saturated carbocycles. The van der Waals surface area contributed by atoms with Crippen LogP contribution < -0.4 is 5.32 Å². The van der Waals surface area contributed by atoms with Gasteiger partial charge in [0.2, 0.25) is 0 Å². The molecule has 0 fully saturated rings. The SMILES string of the molecule is Cc1cccc(CNC(=O)c2nnn(-c3ccccc3Cl)c2-c2cccnc2)c1. The first kappa shape index (κ1) is 18.8. The molecule has 2 aromatic heterocycles. The van der Waals surface area contributed by atoms with Gasteiger partial charge in [0, 0.05) is 24.5 Å². The molecule has 0 unspecified atom stereocenters. The third-order valence-corrected chi connectivity index (χ3v) is 4.76. The second kappa shape index (κ2) is 8.24. The second-order valence-electron chi connectivity index (χ2n) is 6.56. The average Bonchev–Trinajstić information content (AvgIpc) is 3.18. The lowest BCUT2D eigenvalue weighted by Gasteiger charge is -2.10. The van der Waals surface area contributed by atoms with E-state index >= 15 is 0 Å². The van der Waals surface area contributed by atoms with Crippen molar-refractivity contribution >= 4 is 17.5 Å². The monoisotopic (exact) mass is 403 g/mol. The van der Waals surface area contributed by atoms with Crippen molar-refractivity contribution in [1.82, 2.24) is 25.3 Å². The summed E-state index contributed by atoms with van der Waals surface area (Å²) in [5, 5.41) is 11.8. The molecule has 144 valence electrons. The van der Waals surface area contributed by atoms with Crippen LogP contribution in [0.2, 0.25) is 5.02 Å². The van der Waals surface area contributed by atoms with Gasteiger partial charge in [0.05, 0.1) is 10.7 Å². The fourth-order valence-electron chi connectivity index (χ4n) is 3.08. The number of hydrogen-bond donors (Lipinski definition) is 1. The van der Waals surface area contributed by atoms with Crippen molar-refractivity contribution in [2.75, 3.05) is 0 Å². The largest absolute Gasteiger partial charge is 0.346 e. The Morgan fingerprint density at radius 2 is 1.97 bits per heavy atom. The molecule has 0 aliphatic carbocycles. The maximum atomic E-state index is 12.9. The van der Waals surface area contributed by atoms with Gasteiger partial charge in [-0.25, -0.2) is 4.68 Å². The van der Waals surface area contributed by atoms with E-state index < -0.39 is 0 Å². The summed E-state index contributed by atoms with van der Waals surface area (Å²) in [7, 11) is 0. The number of benzene rings is 2. The highest BCUT2D eigenvalue weighted by Gasteiger charge is 2.23. The average molecular weight is 404 g/mol. The Kier molecular flexibility index (Phi) is 5.35. The van der Waals surface area contributed by atoms with Crippen LogP contribution in [0.15, 0.2) is 73.1 Å². The Bertz CT molecular complexity index is 1160. The van der Waals surface area contributed by atoms with E-state index in [9.17, 15) is 4.79 Å². The summed E-state index contributed by atoms with van der Waals surface area (Å²) < 4.78 is 1.57. The van der Waals surface area contributed by atoms with Crippen LogP contribution >= 0.6 is 11.6 Å². The number of aromatic nitrogens is 4. The van der Waals surface area contributed by atoms with Gasteiger partial charge in [0.25, 0.3) is 5.91 Å². The van der Waals surface area contributed by atoms with Gasteiger partial charge in [-0.3, -0.25) is 9.78 Å². The van der Waals surface area contributed by atoms with Gasteiger partial charge in [0.15, 0.2) is 5.69 Å². The number of amides is 1. The zero-order valence-corrected chi connectivity index (χ0v) is 16.5. The Hall–Kier alpha value is -3.51. The first-order chi connectivity index (χ1) is 14.1. The minimum atomic E-state index is -0.316. The van der Waals surface area contributed by atoms with E-state index in [1.54, 1.807) is 29.2 Å². The molecule has 2 heterocycles. The number of nitrogens with zero attached hydrogens (tertiary/aromatic N) is 4. The molecule has 4 aromatic rings. The zero-order chi connectivity index (χ0) is 20.2. The molecule has 1 amide bonds. The fraction of sp³-hybridized carbons (Fsp3) is 0.0909. The lowest BCUT2D eigenvalue weighted by molar-refractivity contribution is 0.0946. The molecule has 0 radical (unpaired) electrons. The van der Waals surface area contributed by atoms with Gasteiger partial charge in [-0.05, 0) is 36.8 Å². The first-order valence-electron chi connectivity index (χ1n) is 9.08. The van der Waals surface area contributed by atoms with E-state index in [1.807, 2.05) is 55.5 Å². The summed E-state index contributed by atoms with van der Waals surface area (Å²) in [5.41, 5.74) is 4.26. The number of pyridine rings is 1. The molecule has 6 nitrogen and oxygen atoms in total. The predicted octanol–water partition coefficient (Wildman–Crippen LogP) is 4.22. The van der Waals surface area contributed by atoms with Crippen molar-refractivity contribution in [3.8, 4) is 16.9 Å². The minimum absolute atomic E-state index is 0.213. The van der Waals surface area contributed by atoms with Crippen LogP contribution in [0, 0.1) is 6.92 Å². The molecule has 7 heteroatoms. The van der Waals surface area contributed by atoms with Crippen LogP contribution in [0.3, 0.4) is 0 Å². The number of para-hydroxylation sites is 1. The van der Waals surface area contributed by atoms with Gasteiger partial charge >= 0.3 is 0 Å². The van der Waals surface area contributed by atoms with Crippen LogP contribution in [0.4, 0.5) is 0 Å². The predicted molar refractivity (Wildman–Crippen MR) is 112 cm³/mol. The smallest absolute Gasteiger partial charge is 0.274 e. The van der Waals surface area contributed by atoms with Crippen molar-refractivity contribution in [2.24, 2.45) is 0 Å². The number of hydrogen-bond acceptors (Lipinski definition) is 4. The van der Waals surface area contributed by atoms with Gasteiger partial charge < -0.3 is 5.32 Å². The van der Waals surface area contributed by atoms with Gasteiger partial charge in [-0.2, -0.15) is 0 Å². The number of nitrogens with one attached hydrogen (secondary N) is 1. The number of rotatable bonds is 5. The van der Waals surface area contributed by atoms with Crippen molar-refractivity contribution in [3.05, 3.63) is 94.9 Å². The van der Waals surface area contributed by atoms with Crippen LogP contribution in [0.5, 0.6) is 0 Å². The number of carbonyl (C=O) groups excluding carboxylic acids is 1. The quantitative estimate of drug-likeness (QED) is 0.541. The molecule has 0 spiro atoms. The van der Waals surface area contributed by atoms with Crippen LogP contribution in [0.1, 0.15) is 21.6 Å². The van der Waals surface area contributed by atoms with Crippen LogP contribution in [-0.2, 0) is 6.54 Å². The third kappa shape index (κ3) is 4.02. The molecule has 0 atom stereocenters. The van der Waals surface area contributed by atoms with Crippen LogP contribution in [-0.4, -0.2) is 25.9 Å². The van der Waals surface area contributed by atoms with E-state index in [2.05, 4.69) is 20.6 Å². The Morgan fingerprint density at radius 1 is 1.10 bits per heavy atom. The van der Waals surface area contributed by atoms with Gasteiger partial charge in [-0.15, -0.1) is 5.10 Å². The highest BCUT2D eigenvalue weighted by molar-refractivity contribution is 6.32. The van der Waals surface area contributed by atoms with Crippen molar-refractivity contribution in [1.29, 1.82) is 0 Å². The summed E-state index contributed by atoms with van der Waals surface area (Å²) >= 11 is 6.36. The Labute approximate surface area is 173 Å². The maximum Gasteiger partial charge on any atom is 0.274 e. The first-order valence-corrected chi connectivity index (χ1v) is 9.46. The number of halogens is 1. The van der Waals surface area contributed by atoms with E-state index in [-0.39, 0.29) is 11.6 Å². The Morgan fingerprint density at radius 3 is 2.72 bits per heavy atom. The third-order valence-electron chi connectivity index (χ3n) is 4.44. The molecule has 1 N–H and O–H groups in total. The molecule has 0 aliphatic rings. The normalized spacial score (nSPS) is 10.7. The van der Waals surface area contributed by atoms with Crippen LogP contribution in [0.25, 0.3) is 16.9 Å². The molecular weight excluding hydrogens is 386 g/mol. The molecule has 4 rings (SSSR count). The molecule has 2 aromatic carbocycles. The lowest BCUT2D eigenvalue weighted by atomic mass is 10.1. The van der Waals surface area contributed by atoms with Gasteiger partial charge in [0.1, 0.15) is 5.69 Å². The minimum Gasteiger partial charge on any atom is -0.346 e. The van der Waals surface area contributed by atoms with Crippen molar-refractivity contribution < 1.29 is 4.79 Å². The van der Waals surface area contributed by atoms with Crippen molar-refractivity contribution in [3.63, 3.8) is 0 Å². The summed E-state index contributed by atoms with van der Waals surface area (Å²) in [6.07, 6.45) is 3.34. The summed E-state index contributed by atoms with van der Waals surface area (Å²) in [5.74, 6) is -0.316. The summed E-state index contributed by atoms with van der Waals surface area (Å²) in [6.45, 7) is 2.41. The van der Waals surface area contributed by atoms with E-state index in [0.29, 0.717) is 22.9 Å². The van der Waals surface area contributed by atoms with E-state index in [1.165, 1.54) is 0 Å². The summed E-state index contributed by atoms with van der Waals surface area (Å²) in [6, 6.07) is 18.9. The van der Waals surface area contributed by atoms with E-state index in [4.69, 9.17) is 11.6 Å². The lowest BCUT2D eigenvalue weighted by Crippen LogP contribution is -2.24. The molecule has 0 saturated heterocycles. The summed E-state index contributed by atoms with van der Waals surface area (Å²) in [4.78, 5) is 17.1. The second-order valence-corrected chi connectivity index (χ2v) is 6.97. The zero-order valence-electron chi connectivity index (χ0n) is 15.7. The highest BCUT2D eigenvalue weighted by atomic mass is 35.5. The van der Waals surface area contributed by atoms with Gasteiger partial charge in [-0.1, -0.05) is 58.8 Å². The topological polar surface area (TPSA) is 72.7 Å². The highest BCUT2D eigenvalue weighted by Crippen LogP contribution is 2.28. The molecule has 29 heavy (non-hydrogen) atoms. The Balaban J connectivity index is 1.72. The van der Waals surface area contributed by atoms with Crippen molar-refractivity contribution in [2.45, 2.75) is 13.5 Å². The standard InChI is InChI=1S/C22H18ClN5O/c1-15-6-4-7-16(12-15)13-25-22(29)20-21(17-8-5-11-24-14-17)28(27-26-20)19-10-3-2-9-18(19)23/h2-12,14H,13H2,1H3,(H,25,29). The molecule has 0 bridgehead atoms. The number of carbonyl (C=O) groups is 1. The number of aryl methyl sites for hydroxylation is 1. The fourth-order valence-corrected chi connectivity index (χ4v) is 3.29. The molecular formula is C22H18ClN5O. The molecule has 0 aliphatic heterocycles.